The molecule has 2 rings (SSSR count). The van der Waals surface area contributed by atoms with E-state index in [0.717, 1.165) is 5.56 Å². The Bertz CT molecular complexity index is 553. The van der Waals surface area contributed by atoms with E-state index in [1.165, 1.54) is 12.3 Å². The Morgan fingerprint density at radius 2 is 1.71 bits per heavy atom. The van der Waals surface area contributed by atoms with Crippen LogP contribution in [0.2, 0.25) is 10.0 Å². The highest BCUT2D eigenvalue weighted by molar-refractivity contribution is 6.34. The van der Waals surface area contributed by atoms with Gasteiger partial charge in [0.25, 0.3) is 0 Å². The van der Waals surface area contributed by atoms with Crippen LogP contribution in [-0.4, -0.2) is 11.0 Å². The minimum Gasteiger partial charge on any atom is -0.618 e. The van der Waals surface area contributed by atoms with Crippen molar-refractivity contribution in [3.05, 3.63) is 69.3 Å². The summed E-state index contributed by atoms with van der Waals surface area (Å²) in [5.74, 6) is 0. The van der Waals surface area contributed by atoms with E-state index in [2.05, 4.69) is 0 Å². The van der Waals surface area contributed by atoms with Crippen molar-refractivity contribution in [1.29, 1.82) is 0 Å². The highest BCUT2D eigenvalue weighted by Crippen LogP contribution is 2.27. The van der Waals surface area contributed by atoms with Gasteiger partial charge in [-0.2, -0.15) is 4.74 Å². The van der Waals surface area contributed by atoms with Gasteiger partial charge >= 0.3 is 0 Å². The molecule has 0 saturated carbocycles. The zero-order valence-electron chi connectivity index (χ0n) is 8.81. The van der Waals surface area contributed by atoms with Gasteiger partial charge in [-0.1, -0.05) is 41.4 Å². The smallest absolute Gasteiger partial charge is 0.236 e. The van der Waals surface area contributed by atoms with Crippen molar-refractivity contribution in [2.45, 2.75) is 0 Å². The number of rotatable bonds is 2. The number of hydrogen-bond acceptors (Lipinski definition) is 1. The summed E-state index contributed by atoms with van der Waals surface area (Å²) >= 11 is 11.8. The Kier molecular flexibility index (Phi) is 3.67. The third-order valence-electron chi connectivity index (χ3n) is 2.21. The molecule has 0 saturated heterocycles. The molecule has 0 radical (unpaired) electrons. The van der Waals surface area contributed by atoms with E-state index in [9.17, 15) is 5.21 Å². The van der Waals surface area contributed by atoms with Crippen LogP contribution in [0.4, 0.5) is 5.69 Å². The molecule has 2 aromatic rings. The molecule has 17 heavy (non-hydrogen) atoms. The van der Waals surface area contributed by atoms with E-state index in [-0.39, 0.29) is 0 Å². The minimum atomic E-state index is 0.336. The van der Waals surface area contributed by atoms with Crippen LogP contribution in [-0.2, 0) is 0 Å². The van der Waals surface area contributed by atoms with E-state index >= 15 is 0 Å². The summed E-state index contributed by atoms with van der Waals surface area (Å²) < 4.78 is 0.712. The summed E-state index contributed by atoms with van der Waals surface area (Å²) in [6, 6.07) is 14.1. The molecule has 0 aliphatic heterocycles. The first-order valence-corrected chi connectivity index (χ1v) is 5.74. The number of halogens is 2. The fourth-order valence-electron chi connectivity index (χ4n) is 1.40. The lowest BCUT2D eigenvalue weighted by atomic mass is 10.2. The second-order valence-corrected chi connectivity index (χ2v) is 4.30. The van der Waals surface area contributed by atoms with E-state index in [0.29, 0.717) is 20.5 Å². The molecule has 0 aromatic heterocycles. The summed E-state index contributed by atoms with van der Waals surface area (Å²) in [6.07, 6.45) is 1.46. The van der Waals surface area contributed by atoms with Crippen LogP contribution in [0.25, 0.3) is 0 Å². The predicted octanol–water partition coefficient (Wildman–Crippen LogP) is 4.25. The molecular formula is C13H9Cl2NO. The summed E-state index contributed by atoms with van der Waals surface area (Å²) in [5.41, 5.74) is 1.14. The highest BCUT2D eigenvalue weighted by Gasteiger charge is 2.09. The van der Waals surface area contributed by atoms with Crippen LogP contribution in [0.5, 0.6) is 0 Å². The Morgan fingerprint density at radius 3 is 2.41 bits per heavy atom. The van der Waals surface area contributed by atoms with Gasteiger partial charge in [-0.05, 0) is 24.3 Å². The fraction of sp³-hybridized carbons (Fsp3) is 0. The molecule has 0 fully saturated rings. The number of hydrogen-bond donors (Lipinski definition) is 0. The van der Waals surface area contributed by atoms with Crippen LogP contribution in [0.15, 0.2) is 48.5 Å². The van der Waals surface area contributed by atoms with Crippen molar-refractivity contribution in [1.82, 2.24) is 0 Å². The lowest BCUT2D eigenvalue weighted by Crippen LogP contribution is -1.99. The van der Waals surface area contributed by atoms with Crippen molar-refractivity contribution in [3.8, 4) is 0 Å². The van der Waals surface area contributed by atoms with Gasteiger partial charge in [-0.25, -0.2) is 0 Å². The van der Waals surface area contributed by atoms with Crippen molar-refractivity contribution in [3.63, 3.8) is 0 Å². The maximum atomic E-state index is 11.9. The van der Waals surface area contributed by atoms with Crippen LogP contribution >= 0.6 is 23.2 Å². The Balaban J connectivity index is 2.40. The van der Waals surface area contributed by atoms with Crippen LogP contribution in [0, 0.1) is 5.21 Å². The standard InChI is InChI=1S/C13H9Cl2NO/c14-11-6-7-12(15)13(8-11)16(17)9-10-4-2-1-3-5-10/h1-9H. The molecule has 0 spiro atoms. The lowest BCUT2D eigenvalue weighted by Gasteiger charge is -2.05. The molecule has 2 nitrogen and oxygen atoms in total. The fourth-order valence-corrected chi connectivity index (χ4v) is 1.77. The maximum Gasteiger partial charge on any atom is 0.236 e. The quantitative estimate of drug-likeness (QED) is 0.345. The van der Waals surface area contributed by atoms with Crippen molar-refractivity contribution in [2.24, 2.45) is 0 Å². The summed E-state index contributed by atoms with van der Waals surface area (Å²) in [5, 5.41) is 12.8. The first-order chi connectivity index (χ1) is 8.16. The zero-order valence-corrected chi connectivity index (χ0v) is 10.3. The SMILES string of the molecule is [O-][N+](=Cc1ccccc1)c1cc(Cl)ccc1Cl. The molecule has 0 aliphatic carbocycles. The topological polar surface area (TPSA) is 26.1 Å². The third-order valence-corrected chi connectivity index (χ3v) is 2.77. The predicted molar refractivity (Wildman–Crippen MR) is 71.4 cm³/mol. The Hall–Kier alpha value is -1.51. The van der Waals surface area contributed by atoms with E-state index in [4.69, 9.17) is 23.2 Å². The molecule has 4 heteroatoms. The van der Waals surface area contributed by atoms with Crippen molar-refractivity contribution in [2.75, 3.05) is 0 Å². The first-order valence-electron chi connectivity index (χ1n) is 4.98. The normalized spacial score (nSPS) is 11.5. The van der Waals surface area contributed by atoms with Crippen molar-refractivity contribution >= 4 is 35.1 Å². The maximum absolute atomic E-state index is 11.9. The Labute approximate surface area is 109 Å². The molecule has 0 amide bonds. The van der Waals surface area contributed by atoms with Crippen molar-refractivity contribution < 1.29 is 4.74 Å². The second-order valence-electron chi connectivity index (χ2n) is 3.46. The van der Waals surface area contributed by atoms with Gasteiger partial charge in [0, 0.05) is 16.7 Å². The Morgan fingerprint density at radius 1 is 1.00 bits per heavy atom. The third kappa shape index (κ3) is 2.99. The first kappa shape index (κ1) is 12.0. The minimum absolute atomic E-state index is 0.336. The average molecular weight is 266 g/mol. The van der Waals surface area contributed by atoms with Gasteiger partial charge in [-0.3, -0.25) is 0 Å². The van der Waals surface area contributed by atoms with Gasteiger partial charge in [0.05, 0.1) is 0 Å². The lowest BCUT2D eigenvalue weighted by molar-refractivity contribution is -0.354. The van der Waals surface area contributed by atoms with Gasteiger partial charge in [-0.15, -0.1) is 0 Å². The van der Waals surface area contributed by atoms with Gasteiger partial charge in [0.2, 0.25) is 5.69 Å². The number of benzene rings is 2. The molecule has 0 N–H and O–H groups in total. The summed E-state index contributed by atoms with van der Waals surface area (Å²) in [6.45, 7) is 0. The summed E-state index contributed by atoms with van der Waals surface area (Å²) in [4.78, 5) is 0. The average Bonchev–Trinajstić information content (AvgIpc) is 2.33. The second kappa shape index (κ2) is 5.21. The van der Waals surface area contributed by atoms with Gasteiger partial charge in [0.1, 0.15) is 5.02 Å². The van der Waals surface area contributed by atoms with E-state index < -0.39 is 0 Å². The van der Waals surface area contributed by atoms with E-state index in [1.807, 2.05) is 30.3 Å². The zero-order chi connectivity index (χ0) is 12.3. The monoisotopic (exact) mass is 265 g/mol. The molecule has 0 aliphatic rings. The van der Waals surface area contributed by atoms with Crippen LogP contribution < -0.4 is 0 Å². The molecule has 0 heterocycles. The van der Waals surface area contributed by atoms with Gasteiger partial charge < -0.3 is 5.21 Å². The van der Waals surface area contributed by atoms with Gasteiger partial charge in [0.15, 0.2) is 6.21 Å². The highest BCUT2D eigenvalue weighted by atomic mass is 35.5. The van der Waals surface area contributed by atoms with Crippen LogP contribution in [0.1, 0.15) is 5.56 Å². The molecule has 0 bridgehead atoms. The number of nitrogens with zero attached hydrogens (tertiary/aromatic N) is 1. The summed E-state index contributed by atoms with van der Waals surface area (Å²) in [7, 11) is 0. The van der Waals surface area contributed by atoms with E-state index in [1.54, 1.807) is 12.1 Å². The van der Waals surface area contributed by atoms with Crippen LogP contribution in [0.3, 0.4) is 0 Å². The largest absolute Gasteiger partial charge is 0.618 e. The molecule has 0 atom stereocenters. The molecule has 0 unspecified atom stereocenters. The molecule has 86 valence electrons. The molecule has 2 aromatic carbocycles. The molecular weight excluding hydrogens is 257 g/mol.